The van der Waals surface area contributed by atoms with Crippen molar-refractivity contribution < 1.29 is 4.42 Å². The first-order valence-corrected chi connectivity index (χ1v) is 22.0. The van der Waals surface area contributed by atoms with Crippen LogP contribution in [0.2, 0.25) is 0 Å². The van der Waals surface area contributed by atoms with Crippen LogP contribution in [0.25, 0.3) is 110 Å². The van der Waals surface area contributed by atoms with E-state index in [9.17, 15) is 0 Å². The molecule has 3 heterocycles. The summed E-state index contributed by atoms with van der Waals surface area (Å²) in [5.74, 6) is 0. The van der Waals surface area contributed by atoms with E-state index in [1.54, 1.807) is 0 Å². The molecule has 0 amide bonds. The minimum Gasteiger partial charge on any atom is -0.454 e. The number of furan rings is 1. The van der Waals surface area contributed by atoms with Crippen LogP contribution in [-0.4, -0.2) is 9.13 Å². The molecule has 0 unspecified atom stereocenters. The highest BCUT2D eigenvalue weighted by Crippen LogP contribution is 2.63. The van der Waals surface area contributed by atoms with Gasteiger partial charge in [0.05, 0.1) is 33.4 Å². The fourth-order valence-corrected chi connectivity index (χ4v) is 11.7. The van der Waals surface area contributed by atoms with E-state index in [1.807, 2.05) is 6.07 Å². The van der Waals surface area contributed by atoms with Crippen molar-refractivity contribution in [2.24, 2.45) is 5.41 Å². The second kappa shape index (κ2) is 12.0. The van der Waals surface area contributed by atoms with E-state index in [2.05, 4.69) is 214 Å². The number of aromatic nitrogens is 2. The summed E-state index contributed by atoms with van der Waals surface area (Å²) in [6.07, 6.45) is 0. The van der Waals surface area contributed by atoms with Crippen LogP contribution in [0.1, 0.15) is 52.7 Å². The highest BCUT2D eigenvalue weighted by molar-refractivity contribution is 6.32. The van der Waals surface area contributed by atoms with Crippen molar-refractivity contribution >= 4 is 87.1 Å². The van der Waals surface area contributed by atoms with Crippen LogP contribution in [0, 0.1) is 5.41 Å². The summed E-state index contributed by atoms with van der Waals surface area (Å²) in [6, 6.07) is 63.1. The molecule has 0 radical (unpaired) electrons. The van der Waals surface area contributed by atoms with Crippen LogP contribution >= 0.6 is 0 Å². The smallest absolute Gasteiger partial charge is 0.159 e. The zero-order valence-corrected chi connectivity index (χ0v) is 36.0. The van der Waals surface area contributed by atoms with E-state index in [4.69, 9.17) is 4.42 Å². The van der Waals surface area contributed by atoms with Crippen molar-refractivity contribution in [1.29, 1.82) is 0 Å². The summed E-state index contributed by atoms with van der Waals surface area (Å²) in [7, 11) is 0. The molecular weight excluding hydrogens is 753 g/mol. The molecule has 0 N–H and O–H groups in total. The minimum absolute atomic E-state index is 0.00298. The number of para-hydroxylation sites is 4. The van der Waals surface area contributed by atoms with E-state index in [0.717, 1.165) is 38.7 Å². The van der Waals surface area contributed by atoms with Gasteiger partial charge in [-0.1, -0.05) is 163 Å². The maximum atomic E-state index is 6.65. The molecule has 0 atom stereocenters. The van der Waals surface area contributed by atoms with Gasteiger partial charge in [0.15, 0.2) is 5.58 Å². The van der Waals surface area contributed by atoms with Crippen LogP contribution in [0.4, 0.5) is 0 Å². The summed E-state index contributed by atoms with van der Waals surface area (Å²) in [6.45, 7) is 14.8. The van der Waals surface area contributed by atoms with Crippen LogP contribution < -0.4 is 0 Å². The van der Waals surface area contributed by atoms with Crippen molar-refractivity contribution in [3.05, 3.63) is 181 Å². The van der Waals surface area contributed by atoms with Crippen LogP contribution in [0.15, 0.2) is 174 Å². The van der Waals surface area contributed by atoms with Gasteiger partial charge in [-0.25, -0.2) is 0 Å². The molecule has 0 fully saturated rings. The lowest BCUT2D eigenvalue weighted by atomic mass is 9.59. The molecule has 13 rings (SSSR count). The van der Waals surface area contributed by atoms with E-state index in [-0.39, 0.29) is 16.2 Å². The lowest BCUT2D eigenvalue weighted by Crippen LogP contribution is -2.42. The largest absolute Gasteiger partial charge is 0.454 e. The zero-order valence-electron chi connectivity index (χ0n) is 36.0. The highest BCUT2D eigenvalue weighted by Gasteiger charge is 2.57. The lowest BCUT2D eigenvalue weighted by molar-refractivity contribution is 0.125. The summed E-state index contributed by atoms with van der Waals surface area (Å²) in [4.78, 5) is 0. The normalized spacial score (nSPS) is 15.6. The number of fused-ring (bicyclic) bond motifs is 15. The molecule has 9 aromatic carbocycles. The fourth-order valence-electron chi connectivity index (χ4n) is 11.7. The molecule has 0 bridgehead atoms. The second-order valence-electron chi connectivity index (χ2n) is 19.3. The topological polar surface area (TPSA) is 23.0 Å². The third-order valence-electron chi connectivity index (χ3n) is 16.0. The molecule has 0 aliphatic heterocycles. The maximum Gasteiger partial charge on any atom is 0.159 e. The molecule has 298 valence electrons. The number of benzene rings is 9. The van der Waals surface area contributed by atoms with Gasteiger partial charge in [-0.2, -0.15) is 0 Å². The minimum atomic E-state index is -0.0817. The highest BCUT2D eigenvalue weighted by atomic mass is 16.3. The van der Waals surface area contributed by atoms with Crippen molar-refractivity contribution in [3.8, 4) is 22.5 Å². The van der Waals surface area contributed by atoms with Gasteiger partial charge in [-0.05, 0) is 97.6 Å². The molecule has 1 aliphatic rings. The van der Waals surface area contributed by atoms with Gasteiger partial charge in [0.2, 0.25) is 0 Å². The Morgan fingerprint density at radius 3 is 1.68 bits per heavy atom. The Kier molecular flexibility index (Phi) is 6.92. The molecule has 3 nitrogen and oxygen atoms in total. The maximum absolute atomic E-state index is 6.65. The first-order valence-electron chi connectivity index (χ1n) is 22.0. The number of rotatable bonds is 3. The van der Waals surface area contributed by atoms with Crippen molar-refractivity contribution in [3.63, 3.8) is 0 Å². The summed E-state index contributed by atoms with van der Waals surface area (Å²) < 4.78 is 11.7. The summed E-state index contributed by atoms with van der Waals surface area (Å²) >= 11 is 0. The first kappa shape index (κ1) is 35.6. The first-order chi connectivity index (χ1) is 30.1. The molecule has 12 aromatic rings. The van der Waals surface area contributed by atoms with Crippen LogP contribution in [0.3, 0.4) is 0 Å². The Morgan fingerprint density at radius 1 is 0.387 bits per heavy atom. The zero-order chi connectivity index (χ0) is 41.9. The van der Waals surface area contributed by atoms with E-state index in [1.165, 1.54) is 82.1 Å². The summed E-state index contributed by atoms with van der Waals surface area (Å²) in [5.41, 5.74) is 14.0. The third kappa shape index (κ3) is 4.35. The molecular formula is C59H46N2O. The van der Waals surface area contributed by atoms with Crippen molar-refractivity contribution in [1.82, 2.24) is 9.13 Å². The van der Waals surface area contributed by atoms with Crippen LogP contribution in [-0.2, 0) is 10.8 Å². The Labute approximate surface area is 360 Å². The van der Waals surface area contributed by atoms with Crippen molar-refractivity contribution in [2.75, 3.05) is 0 Å². The average Bonchev–Trinajstić information content (AvgIpc) is 3.98. The Bertz CT molecular complexity index is 3900. The van der Waals surface area contributed by atoms with Gasteiger partial charge in [0.25, 0.3) is 0 Å². The predicted octanol–water partition coefficient (Wildman–Crippen LogP) is 16.3. The number of hydrogen-bond donors (Lipinski definition) is 0. The van der Waals surface area contributed by atoms with Gasteiger partial charge in [-0.3, -0.25) is 0 Å². The molecule has 62 heavy (non-hydrogen) atoms. The lowest BCUT2D eigenvalue weighted by Gasteiger charge is -2.44. The molecule has 0 spiro atoms. The van der Waals surface area contributed by atoms with Gasteiger partial charge in [0.1, 0.15) is 5.58 Å². The van der Waals surface area contributed by atoms with E-state index >= 15 is 0 Å². The third-order valence-corrected chi connectivity index (χ3v) is 16.0. The fraction of sp³-hybridized carbons (Fsp3) is 0.153. The number of hydrogen-bond acceptors (Lipinski definition) is 1. The van der Waals surface area contributed by atoms with E-state index < -0.39 is 0 Å². The summed E-state index contributed by atoms with van der Waals surface area (Å²) in [5, 5.41) is 12.4. The Hall–Kier alpha value is -7.10. The monoisotopic (exact) mass is 798 g/mol. The average molecular weight is 799 g/mol. The molecule has 3 heteroatoms. The molecule has 0 saturated heterocycles. The Balaban J connectivity index is 1.16. The Morgan fingerprint density at radius 2 is 0.935 bits per heavy atom. The van der Waals surface area contributed by atoms with Crippen molar-refractivity contribution in [2.45, 2.75) is 52.4 Å². The number of nitrogens with zero attached hydrogens (tertiary/aromatic N) is 2. The van der Waals surface area contributed by atoms with Crippen LogP contribution in [0.5, 0.6) is 0 Å². The molecule has 3 aromatic heterocycles. The SMILES string of the molecule is CC1(C)c2cc(-c3ccc4c(c3)c3ccccc3n4-c3cccc4c3oc3ccccc34)c(-n3c4ccccc4c4c5ccccc5c5ccccc5c43)cc2C(C)(C)C1(C)C. The predicted molar refractivity (Wildman–Crippen MR) is 263 cm³/mol. The molecule has 0 saturated carbocycles. The standard InChI is InChI=1S/C59H46N2O/c1-57(2)46-33-44(35-30-31-50-45(32-35)38-20-11-14-26-48(38)60(50)51-28-17-25-42-39-21-13-16-29-53(39)62-56(42)51)52(34-47(46)58(3,4)59(57,5)6)61-49-27-15-12-24-43(49)54-40-22-9-7-18-36(40)37-19-8-10-23-41(37)55(54)61/h7-34H,1-6H3. The molecule has 1 aliphatic carbocycles. The van der Waals surface area contributed by atoms with Gasteiger partial charge in [-0.15, -0.1) is 0 Å². The van der Waals surface area contributed by atoms with Gasteiger partial charge in [0, 0.05) is 43.3 Å². The van der Waals surface area contributed by atoms with E-state index in [0.29, 0.717) is 0 Å². The van der Waals surface area contributed by atoms with Gasteiger partial charge < -0.3 is 13.6 Å². The second-order valence-corrected chi connectivity index (χ2v) is 19.3. The van der Waals surface area contributed by atoms with Gasteiger partial charge >= 0.3 is 0 Å². The quantitative estimate of drug-likeness (QED) is 0.163.